The summed E-state index contributed by atoms with van der Waals surface area (Å²) in [5, 5.41) is 8.34. The van der Waals surface area contributed by atoms with Gasteiger partial charge in [-0.05, 0) is 42.8 Å². The van der Waals surface area contributed by atoms with Crippen LogP contribution in [0.2, 0.25) is 5.02 Å². The van der Waals surface area contributed by atoms with Gasteiger partial charge >= 0.3 is 0 Å². The van der Waals surface area contributed by atoms with Crippen LogP contribution in [0.25, 0.3) is 28.3 Å². The monoisotopic (exact) mass is 429 g/mol. The van der Waals surface area contributed by atoms with Crippen molar-refractivity contribution in [2.24, 2.45) is 0 Å². The van der Waals surface area contributed by atoms with Gasteiger partial charge in [0.2, 0.25) is 0 Å². The first-order valence-electron chi connectivity index (χ1n) is 9.94. The van der Waals surface area contributed by atoms with Gasteiger partial charge in [0.1, 0.15) is 12.2 Å². The molecule has 4 heterocycles. The molecule has 0 fully saturated rings. The van der Waals surface area contributed by atoms with Gasteiger partial charge in [-0.3, -0.25) is 4.98 Å². The van der Waals surface area contributed by atoms with Crippen molar-refractivity contribution in [3.8, 4) is 22.6 Å². The van der Waals surface area contributed by atoms with Crippen LogP contribution in [0.15, 0.2) is 67.1 Å². The Balaban J connectivity index is 1.48. The Hall–Kier alpha value is -3.55. The summed E-state index contributed by atoms with van der Waals surface area (Å²) in [6.07, 6.45) is 3.42. The van der Waals surface area contributed by atoms with Crippen molar-refractivity contribution >= 4 is 17.2 Å². The third-order valence-electron chi connectivity index (χ3n) is 5.02. The third-order valence-corrected chi connectivity index (χ3v) is 5.39. The fraction of sp³-hybridized carbons (Fsp3) is 0.130. The SMILES string of the molecule is Cc1cccc(-c2[nH]c(CNCc3ccccc3Cl)nc2-c2ccn3ncnc3c2)n1. The van der Waals surface area contributed by atoms with E-state index in [2.05, 4.69) is 20.4 Å². The highest BCUT2D eigenvalue weighted by Crippen LogP contribution is 2.29. The molecule has 0 aliphatic carbocycles. The zero-order chi connectivity index (χ0) is 21.2. The Kier molecular flexibility index (Phi) is 5.19. The summed E-state index contributed by atoms with van der Waals surface area (Å²) in [5.74, 6) is 0.821. The van der Waals surface area contributed by atoms with Gasteiger partial charge in [0.05, 0.1) is 23.6 Å². The average molecular weight is 430 g/mol. The molecule has 0 unspecified atom stereocenters. The molecule has 0 bridgehead atoms. The van der Waals surface area contributed by atoms with Gasteiger partial charge in [0.15, 0.2) is 5.65 Å². The summed E-state index contributed by atoms with van der Waals surface area (Å²) in [6.45, 7) is 3.20. The molecular formula is C23H20ClN7. The number of rotatable bonds is 6. The van der Waals surface area contributed by atoms with Gasteiger partial charge in [-0.2, -0.15) is 5.10 Å². The van der Waals surface area contributed by atoms with Gasteiger partial charge in [-0.15, -0.1) is 0 Å². The molecule has 8 heteroatoms. The van der Waals surface area contributed by atoms with E-state index in [1.54, 1.807) is 4.52 Å². The predicted octanol–water partition coefficient (Wildman–Crippen LogP) is 4.43. The van der Waals surface area contributed by atoms with Crippen molar-refractivity contribution in [1.82, 2.24) is 34.9 Å². The number of nitrogens with zero attached hydrogens (tertiary/aromatic N) is 5. The molecule has 0 saturated heterocycles. The van der Waals surface area contributed by atoms with Crippen LogP contribution >= 0.6 is 11.6 Å². The molecule has 0 radical (unpaired) electrons. The molecule has 154 valence electrons. The number of hydrogen-bond donors (Lipinski definition) is 2. The summed E-state index contributed by atoms with van der Waals surface area (Å²) in [4.78, 5) is 17.3. The Morgan fingerprint density at radius 2 is 1.94 bits per heavy atom. The summed E-state index contributed by atoms with van der Waals surface area (Å²) in [5.41, 5.74) is 6.27. The zero-order valence-electron chi connectivity index (χ0n) is 16.9. The van der Waals surface area contributed by atoms with Gasteiger partial charge in [0, 0.05) is 29.0 Å². The minimum Gasteiger partial charge on any atom is -0.339 e. The topological polar surface area (TPSA) is 83.8 Å². The summed E-state index contributed by atoms with van der Waals surface area (Å²) < 4.78 is 1.73. The maximum atomic E-state index is 6.26. The largest absolute Gasteiger partial charge is 0.339 e. The van der Waals surface area contributed by atoms with Crippen LogP contribution in [0.1, 0.15) is 17.1 Å². The van der Waals surface area contributed by atoms with E-state index in [9.17, 15) is 0 Å². The first-order valence-corrected chi connectivity index (χ1v) is 10.3. The number of fused-ring (bicyclic) bond motifs is 1. The molecule has 0 aliphatic rings. The lowest BCUT2D eigenvalue weighted by Crippen LogP contribution is -2.14. The van der Waals surface area contributed by atoms with Gasteiger partial charge in [-0.1, -0.05) is 35.9 Å². The fourth-order valence-electron chi connectivity index (χ4n) is 3.50. The number of aromatic nitrogens is 6. The van der Waals surface area contributed by atoms with E-state index >= 15 is 0 Å². The van der Waals surface area contributed by atoms with E-state index in [1.807, 2.05) is 67.7 Å². The molecule has 5 aromatic rings. The van der Waals surface area contributed by atoms with Gasteiger partial charge in [0.25, 0.3) is 0 Å². The smallest absolute Gasteiger partial charge is 0.155 e. The Morgan fingerprint density at radius 3 is 2.81 bits per heavy atom. The second-order valence-corrected chi connectivity index (χ2v) is 7.65. The Morgan fingerprint density at radius 1 is 1.03 bits per heavy atom. The van der Waals surface area contributed by atoms with Crippen molar-refractivity contribution in [3.05, 3.63) is 89.2 Å². The van der Waals surface area contributed by atoms with Crippen LogP contribution in [0, 0.1) is 6.92 Å². The van der Waals surface area contributed by atoms with Crippen molar-refractivity contribution < 1.29 is 0 Å². The molecule has 0 spiro atoms. The second-order valence-electron chi connectivity index (χ2n) is 7.24. The quantitative estimate of drug-likeness (QED) is 0.417. The van der Waals surface area contributed by atoms with E-state index in [1.165, 1.54) is 6.33 Å². The highest BCUT2D eigenvalue weighted by molar-refractivity contribution is 6.31. The lowest BCUT2D eigenvalue weighted by atomic mass is 10.1. The van der Waals surface area contributed by atoms with E-state index in [4.69, 9.17) is 21.6 Å². The number of aryl methyl sites for hydroxylation is 1. The molecule has 7 nitrogen and oxygen atoms in total. The van der Waals surface area contributed by atoms with Crippen LogP contribution in [-0.2, 0) is 13.1 Å². The molecule has 31 heavy (non-hydrogen) atoms. The average Bonchev–Trinajstić information content (AvgIpc) is 3.41. The van der Waals surface area contributed by atoms with Crippen molar-refractivity contribution in [3.63, 3.8) is 0 Å². The molecule has 2 N–H and O–H groups in total. The lowest BCUT2D eigenvalue weighted by molar-refractivity contribution is 0.669. The zero-order valence-corrected chi connectivity index (χ0v) is 17.6. The number of benzene rings is 1. The number of aromatic amines is 1. The van der Waals surface area contributed by atoms with Crippen molar-refractivity contribution in [2.75, 3.05) is 0 Å². The van der Waals surface area contributed by atoms with Crippen LogP contribution in [0.5, 0.6) is 0 Å². The molecule has 0 saturated carbocycles. The predicted molar refractivity (Wildman–Crippen MR) is 121 cm³/mol. The molecular weight excluding hydrogens is 410 g/mol. The van der Waals surface area contributed by atoms with Crippen LogP contribution < -0.4 is 5.32 Å². The van der Waals surface area contributed by atoms with Crippen molar-refractivity contribution in [1.29, 1.82) is 0 Å². The molecule has 0 amide bonds. The van der Waals surface area contributed by atoms with Crippen LogP contribution in [-0.4, -0.2) is 29.5 Å². The lowest BCUT2D eigenvalue weighted by Gasteiger charge is -2.05. The highest BCUT2D eigenvalue weighted by Gasteiger charge is 2.16. The highest BCUT2D eigenvalue weighted by atomic mass is 35.5. The molecule has 5 rings (SSSR count). The number of imidazole rings is 1. The first kappa shape index (κ1) is 19.4. The van der Waals surface area contributed by atoms with Gasteiger partial charge < -0.3 is 10.3 Å². The van der Waals surface area contributed by atoms with E-state index < -0.39 is 0 Å². The molecule has 0 atom stereocenters. The third kappa shape index (κ3) is 4.05. The van der Waals surface area contributed by atoms with Crippen molar-refractivity contribution in [2.45, 2.75) is 20.0 Å². The summed E-state index contributed by atoms with van der Waals surface area (Å²) in [7, 11) is 0. The minimum absolute atomic E-state index is 0.567. The molecule has 4 aromatic heterocycles. The van der Waals surface area contributed by atoms with E-state index in [0.717, 1.165) is 50.4 Å². The molecule has 0 aliphatic heterocycles. The van der Waals surface area contributed by atoms with Gasteiger partial charge in [-0.25, -0.2) is 14.5 Å². The Labute approximate surface area is 184 Å². The van der Waals surface area contributed by atoms with E-state index in [-0.39, 0.29) is 0 Å². The molecule has 1 aromatic carbocycles. The Bertz CT molecular complexity index is 1360. The number of nitrogens with one attached hydrogen (secondary N) is 2. The fourth-order valence-corrected chi connectivity index (χ4v) is 3.70. The normalized spacial score (nSPS) is 11.3. The van der Waals surface area contributed by atoms with E-state index in [0.29, 0.717) is 13.1 Å². The summed E-state index contributed by atoms with van der Waals surface area (Å²) in [6, 6.07) is 17.7. The second kappa shape index (κ2) is 8.29. The number of pyridine rings is 2. The number of H-pyrrole nitrogens is 1. The van der Waals surface area contributed by atoms with Crippen LogP contribution in [0.4, 0.5) is 0 Å². The maximum absolute atomic E-state index is 6.26. The number of hydrogen-bond acceptors (Lipinski definition) is 5. The maximum Gasteiger partial charge on any atom is 0.155 e. The first-order chi connectivity index (χ1) is 15.2. The summed E-state index contributed by atoms with van der Waals surface area (Å²) >= 11 is 6.26. The minimum atomic E-state index is 0.567. The standard InChI is InChI=1S/C23H20ClN7/c1-15-5-4-8-19(28-15)23-22(16-9-10-31-21(11-16)26-14-27-31)29-20(30-23)13-25-12-17-6-2-3-7-18(17)24/h2-11,14,25H,12-13H2,1H3,(H,29,30). The van der Waals surface area contributed by atoms with Crippen LogP contribution in [0.3, 0.4) is 0 Å². The number of halogens is 1.